The van der Waals surface area contributed by atoms with Crippen molar-refractivity contribution >= 4 is 35.3 Å². The standard InChI is InChI=1S/C14H12ClNO/c15-10-14(17)16-13-8-7-11-5-3-1-2-4-6-12(11)9-13/h1-9H,10H2,(H,16,17)/b2-1?,3-1-,4-2-,5-3?,6-4?,11-5-,12-6-. The maximum absolute atomic E-state index is 11.2. The fourth-order valence-corrected chi connectivity index (χ4v) is 1.66. The quantitative estimate of drug-likeness (QED) is 0.787. The highest BCUT2D eigenvalue weighted by Crippen LogP contribution is 2.00. The van der Waals surface area contributed by atoms with Crippen LogP contribution >= 0.6 is 11.6 Å². The zero-order valence-electron chi connectivity index (χ0n) is 9.19. The van der Waals surface area contributed by atoms with E-state index < -0.39 is 0 Å². The third-order valence-electron chi connectivity index (χ3n) is 2.38. The van der Waals surface area contributed by atoms with Crippen molar-refractivity contribution in [2.24, 2.45) is 0 Å². The second kappa shape index (κ2) is 5.51. The largest absolute Gasteiger partial charge is 0.325 e. The van der Waals surface area contributed by atoms with Gasteiger partial charge in [-0.1, -0.05) is 42.5 Å². The third kappa shape index (κ3) is 3.08. The Labute approximate surface area is 105 Å². The van der Waals surface area contributed by atoms with Gasteiger partial charge in [0.15, 0.2) is 0 Å². The lowest BCUT2D eigenvalue weighted by Crippen LogP contribution is -2.25. The number of amides is 1. The summed E-state index contributed by atoms with van der Waals surface area (Å²) in [7, 11) is 0. The molecule has 0 bridgehead atoms. The van der Waals surface area contributed by atoms with Crippen LogP contribution in [0.25, 0.3) is 12.2 Å². The highest BCUT2D eigenvalue weighted by Gasteiger charge is 1.99. The van der Waals surface area contributed by atoms with Gasteiger partial charge in [-0.15, -0.1) is 11.6 Å². The van der Waals surface area contributed by atoms with E-state index in [2.05, 4.69) is 5.32 Å². The van der Waals surface area contributed by atoms with Crippen LogP contribution in [0.4, 0.5) is 5.69 Å². The Bertz CT molecular complexity index is 599. The average Bonchev–Trinajstić information content (AvgIpc) is 2.31. The predicted octanol–water partition coefficient (Wildman–Crippen LogP) is 1.55. The van der Waals surface area contributed by atoms with Gasteiger partial charge in [0.2, 0.25) is 5.91 Å². The Hall–Kier alpha value is -1.80. The Morgan fingerprint density at radius 3 is 2.47 bits per heavy atom. The number of hydrogen-bond donors (Lipinski definition) is 1. The van der Waals surface area contributed by atoms with E-state index in [1.807, 2.05) is 54.7 Å². The van der Waals surface area contributed by atoms with Gasteiger partial charge in [-0.2, -0.15) is 0 Å². The van der Waals surface area contributed by atoms with E-state index in [-0.39, 0.29) is 11.8 Å². The molecule has 1 aliphatic rings. The summed E-state index contributed by atoms with van der Waals surface area (Å²) >= 11 is 5.45. The summed E-state index contributed by atoms with van der Waals surface area (Å²) in [6, 6.07) is 5.77. The van der Waals surface area contributed by atoms with Crippen molar-refractivity contribution in [3.63, 3.8) is 0 Å². The number of rotatable bonds is 2. The molecule has 0 atom stereocenters. The number of fused-ring (bicyclic) bond motifs is 1. The predicted molar refractivity (Wildman–Crippen MR) is 72.3 cm³/mol. The number of allylic oxidation sites excluding steroid dienone is 4. The van der Waals surface area contributed by atoms with Crippen LogP contribution in [0, 0.1) is 0 Å². The summed E-state index contributed by atoms with van der Waals surface area (Å²) in [5.41, 5.74) is 0.761. The van der Waals surface area contributed by atoms with Gasteiger partial charge in [-0.3, -0.25) is 4.79 Å². The third-order valence-corrected chi connectivity index (χ3v) is 2.62. The molecule has 2 rings (SSSR count). The van der Waals surface area contributed by atoms with Crippen LogP contribution in [0.5, 0.6) is 0 Å². The van der Waals surface area contributed by atoms with Gasteiger partial charge in [0.25, 0.3) is 0 Å². The summed E-state index contributed by atoms with van der Waals surface area (Å²) in [5.74, 6) is -0.230. The van der Waals surface area contributed by atoms with Crippen LogP contribution in [0.1, 0.15) is 0 Å². The molecule has 3 heteroatoms. The molecule has 0 fully saturated rings. The maximum atomic E-state index is 11.2. The Kier molecular flexibility index (Phi) is 3.78. The van der Waals surface area contributed by atoms with Crippen molar-refractivity contribution in [2.45, 2.75) is 0 Å². The number of benzene rings is 1. The maximum Gasteiger partial charge on any atom is 0.239 e. The number of anilines is 1. The van der Waals surface area contributed by atoms with Gasteiger partial charge < -0.3 is 5.32 Å². The van der Waals surface area contributed by atoms with E-state index in [0.717, 1.165) is 16.1 Å². The lowest BCUT2D eigenvalue weighted by Gasteiger charge is -2.03. The van der Waals surface area contributed by atoms with Crippen LogP contribution in [0.15, 0.2) is 42.5 Å². The van der Waals surface area contributed by atoms with E-state index in [0.29, 0.717) is 0 Å². The normalized spacial score (nSPS) is 20.5. The van der Waals surface area contributed by atoms with E-state index >= 15 is 0 Å². The fourth-order valence-electron chi connectivity index (χ4n) is 1.59. The van der Waals surface area contributed by atoms with Gasteiger partial charge in [0.1, 0.15) is 5.88 Å². The van der Waals surface area contributed by atoms with Crippen LogP contribution in [0.2, 0.25) is 0 Å². The first-order valence-corrected chi connectivity index (χ1v) is 5.84. The molecule has 86 valence electrons. The highest BCUT2D eigenvalue weighted by molar-refractivity contribution is 6.29. The number of alkyl halides is 1. The van der Waals surface area contributed by atoms with Gasteiger partial charge in [0, 0.05) is 5.69 Å². The van der Waals surface area contributed by atoms with E-state index in [1.165, 1.54) is 0 Å². The molecule has 1 amide bonds. The average molecular weight is 246 g/mol. The minimum absolute atomic E-state index is 0.0322. The lowest BCUT2D eigenvalue weighted by molar-refractivity contribution is -0.113. The highest BCUT2D eigenvalue weighted by atomic mass is 35.5. The van der Waals surface area contributed by atoms with Crippen LogP contribution in [0.3, 0.4) is 0 Å². The van der Waals surface area contributed by atoms with Gasteiger partial charge in [0.05, 0.1) is 0 Å². The second-order valence-electron chi connectivity index (χ2n) is 3.63. The van der Waals surface area contributed by atoms with Crippen molar-refractivity contribution in [2.75, 3.05) is 11.2 Å². The van der Waals surface area contributed by atoms with Crippen molar-refractivity contribution in [3.8, 4) is 0 Å². The number of nitrogens with one attached hydrogen (secondary N) is 1. The molecule has 1 aromatic carbocycles. The van der Waals surface area contributed by atoms with Crippen LogP contribution < -0.4 is 15.8 Å². The molecule has 0 aromatic heterocycles. The van der Waals surface area contributed by atoms with Crippen molar-refractivity contribution in [1.29, 1.82) is 0 Å². The smallest absolute Gasteiger partial charge is 0.239 e. The molecular weight excluding hydrogens is 234 g/mol. The van der Waals surface area contributed by atoms with E-state index in [1.54, 1.807) is 0 Å². The number of carbonyl (C=O) groups is 1. The minimum atomic E-state index is -0.197. The topological polar surface area (TPSA) is 29.1 Å². The molecule has 0 saturated carbocycles. The Balaban J connectivity index is 2.43. The summed E-state index contributed by atoms with van der Waals surface area (Å²) < 4.78 is 0. The van der Waals surface area contributed by atoms with E-state index in [9.17, 15) is 4.79 Å². The van der Waals surface area contributed by atoms with Gasteiger partial charge in [-0.25, -0.2) is 0 Å². The number of halogens is 1. The first-order chi connectivity index (χ1) is 8.29. The van der Waals surface area contributed by atoms with Gasteiger partial charge in [-0.05, 0) is 22.6 Å². The van der Waals surface area contributed by atoms with Crippen molar-refractivity contribution in [3.05, 3.63) is 52.9 Å². The Morgan fingerprint density at radius 2 is 1.76 bits per heavy atom. The molecule has 1 aliphatic carbocycles. The summed E-state index contributed by atoms with van der Waals surface area (Å²) in [6.45, 7) is 0. The minimum Gasteiger partial charge on any atom is -0.325 e. The van der Waals surface area contributed by atoms with Crippen LogP contribution in [-0.2, 0) is 4.79 Å². The lowest BCUT2D eigenvalue weighted by atomic mass is 10.1. The zero-order chi connectivity index (χ0) is 12.1. The van der Waals surface area contributed by atoms with E-state index in [4.69, 9.17) is 11.6 Å². The molecule has 0 unspecified atom stereocenters. The molecule has 17 heavy (non-hydrogen) atoms. The first-order valence-electron chi connectivity index (χ1n) is 5.31. The summed E-state index contributed by atoms with van der Waals surface area (Å²) in [6.07, 6.45) is 11.9. The SMILES string of the molecule is O=C(CCl)Nc1ccc2/c(c1)=C\C=C/C=C\C=2. The molecule has 2 nitrogen and oxygen atoms in total. The molecule has 0 radical (unpaired) electrons. The molecule has 1 aromatic rings. The fraction of sp³-hybridized carbons (Fsp3) is 0.0714. The number of hydrogen-bond acceptors (Lipinski definition) is 1. The molecule has 0 aliphatic heterocycles. The monoisotopic (exact) mass is 245 g/mol. The molecular formula is C14H12ClNO. The van der Waals surface area contributed by atoms with Crippen LogP contribution in [-0.4, -0.2) is 11.8 Å². The van der Waals surface area contributed by atoms with Crippen molar-refractivity contribution < 1.29 is 4.79 Å². The second-order valence-corrected chi connectivity index (χ2v) is 3.90. The summed E-state index contributed by atoms with van der Waals surface area (Å²) in [4.78, 5) is 11.2. The van der Waals surface area contributed by atoms with Gasteiger partial charge >= 0.3 is 0 Å². The molecule has 0 heterocycles. The first kappa shape index (κ1) is 11.7. The Morgan fingerprint density at radius 1 is 1.06 bits per heavy atom. The zero-order valence-corrected chi connectivity index (χ0v) is 9.95. The molecule has 1 N–H and O–H groups in total. The summed E-state index contributed by atoms with van der Waals surface area (Å²) in [5, 5.41) is 4.92. The van der Waals surface area contributed by atoms with Crippen molar-refractivity contribution in [1.82, 2.24) is 0 Å². The number of carbonyl (C=O) groups excluding carboxylic acids is 1. The molecule has 0 saturated heterocycles. The molecule has 0 spiro atoms.